The molecule has 5 heteroatoms. The lowest BCUT2D eigenvalue weighted by molar-refractivity contribution is 0.518. The van der Waals surface area contributed by atoms with E-state index in [0.29, 0.717) is 17.7 Å². The minimum Gasteiger partial charge on any atom is -0.384 e. The molecule has 0 aromatic heterocycles. The predicted molar refractivity (Wildman–Crippen MR) is 114 cm³/mol. The summed E-state index contributed by atoms with van der Waals surface area (Å²) >= 11 is 6.25. The van der Waals surface area contributed by atoms with E-state index >= 15 is 0 Å². The van der Waals surface area contributed by atoms with Crippen LogP contribution in [0.15, 0.2) is 41.4 Å². The van der Waals surface area contributed by atoms with Gasteiger partial charge in [0.25, 0.3) is 0 Å². The van der Waals surface area contributed by atoms with Gasteiger partial charge >= 0.3 is 0 Å². The van der Waals surface area contributed by atoms with Crippen LogP contribution in [0.5, 0.6) is 0 Å². The molecule has 5 rings (SSSR count). The lowest BCUT2D eigenvalue weighted by Gasteiger charge is -2.39. The van der Waals surface area contributed by atoms with E-state index in [2.05, 4.69) is 46.0 Å². The monoisotopic (exact) mass is 388 g/mol. The lowest BCUT2D eigenvalue weighted by Crippen LogP contribution is -2.35. The zero-order valence-electron chi connectivity index (χ0n) is 14.0. The average molecular weight is 389 g/mol. The van der Waals surface area contributed by atoms with E-state index in [1.165, 1.54) is 52.0 Å². The Hall–Kier alpha value is -0.970. The molecule has 0 saturated carbocycles. The normalized spacial score (nSPS) is 25.3. The number of alkyl halides is 1. The van der Waals surface area contributed by atoms with Crippen molar-refractivity contribution in [2.24, 2.45) is 5.92 Å². The number of nitrogens with one attached hydrogen (secondary N) is 1. The SMILES string of the molecule is ClCC1CNc2cc(N3CCCC4CSSC=C43)c3ccccc3c21. The van der Waals surface area contributed by atoms with Gasteiger partial charge in [-0.15, -0.1) is 11.6 Å². The molecule has 1 fully saturated rings. The molecular formula is C20H21ClN2S2. The van der Waals surface area contributed by atoms with E-state index in [1.54, 1.807) is 0 Å². The molecule has 3 aliphatic rings. The lowest BCUT2D eigenvalue weighted by atomic mass is 9.92. The highest BCUT2D eigenvalue weighted by Crippen LogP contribution is 2.47. The first-order chi connectivity index (χ1) is 12.4. The van der Waals surface area contributed by atoms with Crippen molar-refractivity contribution in [3.63, 3.8) is 0 Å². The van der Waals surface area contributed by atoms with Crippen LogP contribution in [0.4, 0.5) is 11.4 Å². The third-order valence-corrected chi connectivity index (χ3v) is 8.15. The van der Waals surface area contributed by atoms with E-state index in [-0.39, 0.29) is 0 Å². The Labute approximate surface area is 161 Å². The first-order valence-corrected chi connectivity index (χ1v) is 11.9. The summed E-state index contributed by atoms with van der Waals surface area (Å²) in [7, 11) is 3.89. The molecule has 0 bridgehead atoms. The first kappa shape index (κ1) is 16.2. The highest BCUT2D eigenvalue weighted by atomic mass is 35.5. The first-order valence-electron chi connectivity index (χ1n) is 8.98. The Balaban J connectivity index is 1.70. The van der Waals surface area contributed by atoms with Gasteiger partial charge in [0.1, 0.15) is 0 Å². The van der Waals surface area contributed by atoms with Crippen LogP contribution in [0, 0.1) is 5.92 Å². The molecule has 2 nitrogen and oxygen atoms in total. The summed E-state index contributed by atoms with van der Waals surface area (Å²) in [5, 5.41) is 8.72. The summed E-state index contributed by atoms with van der Waals surface area (Å²) in [6, 6.07) is 11.2. The average Bonchev–Trinajstić information content (AvgIpc) is 3.10. The van der Waals surface area contributed by atoms with Gasteiger partial charge in [0, 0.05) is 58.7 Å². The second-order valence-corrected chi connectivity index (χ2v) is 9.64. The van der Waals surface area contributed by atoms with Crippen LogP contribution in [0.1, 0.15) is 24.3 Å². The second-order valence-electron chi connectivity index (χ2n) is 7.05. The maximum atomic E-state index is 6.25. The molecule has 0 radical (unpaired) electrons. The van der Waals surface area contributed by atoms with Gasteiger partial charge in [0.05, 0.1) is 5.69 Å². The molecular weight excluding hydrogens is 368 g/mol. The van der Waals surface area contributed by atoms with Crippen molar-refractivity contribution in [3.05, 3.63) is 47.0 Å². The minimum absolute atomic E-state index is 0.408. The van der Waals surface area contributed by atoms with Gasteiger partial charge in [-0.1, -0.05) is 45.9 Å². The minimum atomic E-state index is 0.408. The van der Waals surface area contributed by atoms with E-state index in [4.69, 9.17) is 11.6 Å². The molecule has 1 N–H and O–H groups in total. The molecule has 3 aliphatic heterocycles. The fraction of sp³-hybridized carbons (Fsp3) is 0.400. The summed E-state index contributed by atoms with van der Waals surface area (Å²) in [6.45, 7) is 2.07. The summed E-state index contributed by atoms with van der Waals surface area (Å²) in [6.07, 6.45) is 2.60. The van der Waals surface area contributed by atoms with Crippen molar-refractivity contribution in [2.75, 3.05) is 34.9 Å². The Morgan fingerprint density at radius 1 is 1.24 bits per heavy atom. The highest BCUT2D eigenvalue weighted by Gasteiger charge is 2.31. The number of hydrogen-bond donors (Lipinski definition) is 1. The number of halogens is 1. The smallest absolute Gasteiger partial charge is 0.0509 e. The van der Waals surface area contributed by atoms with Crippen molar-refractivity contribution in [1.29, 1.82) is 0 Å². The van der Waals surface area contributed by atoms with Gasteiger partial charge in [-0.2, -0.15) is 0 Å². The topological polar surface area (TPSA) is 15.3 Å². The largest absolute Gasteiger partial charge is 0.384 e. The van der Waals surface area contributed by atoms with Crippen LogP contribution in [0.2, 0.25) is 0 Å². The van der Waals surface area contributed by atoms with Crippen molar-refractivity contribution >= 4 is 55.3 Å². The zero-order chi connectivity index (χ0) is 16.8. The van der Waals surface area contributed by atoms with Gasteiger partial charge < -0.3 is 10.2 Å². The fourth-order valence-electron chi connectivity index (χ4n) is 4.44. The van der Waals surface area contributed by atoms with E-state index in [9.17, 15) is 0 Å². The number of rotatable bonds is 2. The Morgan fingerprint density at radius 3 is 3.00 bits per heavy atom. The van der Waals surface area contributed by atoms with E-state index in [0.717, 1.165) is 13.1 Å². The van der Waals surface area contributed by atoms with Gasteiger partial charge in [0.2, 0.25) is 0 Å². The number of fused-ring (bicyclic) bond motifs is 4. The number of anilines is 2. The zero-order valence-corrected chi connectivity index (χ0v) is 16.4. The summed E-state index contributed by atoms with van der Waals surface area (Å²) in [5.41, 5.74) is 5.57. The Bertz CT molecular complexity index is 851. The summed E-state index contributed by atoms with van der Waals surface area (Å²) in [5.74, 6) is 3.03. The molecule has 0 spiro atoms. The van der Waals surface area contributed by atoms with Gasteiger partial charge in [-0.05, 0) is 29.9 Å². The van der Waals surface area contributed by atoms with Gasteiger partial charge in [0.15, 0.2) is 0 Å². The molecule has 130 valence electrons. The molecule has 0 aliphatic carbocycles. The van der Waals surface area contributed by atoms with Gasteiger partial charge in [-0.25, -0.2) is 0 Å². The second kappa shape index (κ2) is 6.64. The maximum Gasteiger partial charge on any atom is 0.0509 e. The third-order valence-electron chi connectivity index (χ3n) is 5.66. The summed E-state index contributed by atoms with van der Waals surface area (Å²) < 4.78 is 0. The third kappa shape index (κ3) is 2.65. The summed E-state index contributed by atoms with van der Waals surface area (Å²) in [4.78, 5) is 2.58. The van der Waals surface area contributed by atoms with Gasteiger partial charge in [-0.3, -0.25) is 0 Å². The quantitative estimate of drug-likeness (QED) is 0.498. The molecule has 0 amide bonds. The predicted octanol–water partition coefficient (Wildman–Crippen LogP) is 6.04. The number of allylic oxidation sites excluding steroid dienone is 1. The highest BCUT2D eigenvalue weighted by molar-refractivity contribution is 8.77. The van der Waals surface area contributed by atoms with E-state index < -0.39 is 0 Å². The van der Waals surface area contributed by atoms with Crippen molar-refractivity contribution in [3.8, 4) is 0 Å². The number of piperidine rings is 1. The van der Waals surface area contributed by atoms with Crippen molar-refractivity contribution < 1.29 is 0 Å². The van der Waals surface area contributed by atoms with Crippen LogP contribution < -0.4 is 10.2 Å². The van der Waals surface area contributed by atoms with Crippen molar-refractivity contribution in [2.45, 2.75) is 18.8 Å². The van der Waals surface area contributed by atoms with Crippen LogP contribution in [0.25, 0.3) is 10.8 Å². The molecule has 1 saturated heterocycles. The molecule has 2 aromatic carbocycles. The number of nitrogens with zero attached hydrogens (tertiary/aromatic N) is 1. The number of benzene rings is 2. The number of hydrogen-bond acceptors (Lipinski definition) is 4. The maximum absolute atomic E-state index is 6.25. The van der Waals surface area contributed by atoms with Crippen LogP contribution >= 0.6 is 33.2 Å². The van der Waals surface area contributed by atoms with Crippen LogP contribution in [0.3, 0.4) is 0 Å². The molecule has 2 unspecified atom stereocenters. The molecule has 2 aromatic rings. The Kier molecular flexibility index (Phi) is 4.31. The molecule has 3 heterocycles. The van der Waals surface area contributed by atoms with Crippen molar-refractivity contribution in [1.82, 2.24) is 0 Å². The van der Waals surface area contributed by atoms with E-state index in [1.807, 2.05) is 21.6 Å². The molecule has 2 atom stereocenters. The van der Waals surface area contributed by atoms with Crippen LogP contribution in [-0.4, -0.2) is 24.7 Å². The Morgan fingerprint density at radius 2 is 2.12 bits per heavy atom. The fourth-order valence-corrected chi connectivity index (χ4v) is 7.00. The molecule has 25 heavy (non-hydrogen) atoms. The standard InChI is InChI=1S/C20H21ClN2S2/c21-9-14-10-22-17-8-18(15-5-1-2-6-16(15)20(14)17)23-7-3-4-13-11-24-25-12-19(13)23/h1-2,5-6,8,12-14,22H,3-4,7,9-11H2. The van der Waals surface area contributed by atoms with Crippen LogP contribution in [-0.2, 0) is 0 Å².